The Morgan fingerprint density at radius 2 is 2.07 bits per heavy atom. The van der Waals surface area contributed by atoms with Gasteiger partial charge in [-0.3, -0.25) is 4.79 Å². The summed E-state index contributed by atoms with van der Waals surface area (Å²) in [5, 5.41) is 3.03. The van der Waals surface area contributed by atoms with E-state index in [1.54, 1.807) is 6.92 Å². The van der Waals surface area contributed by atoms with Gasteiger partial charge in [0.25, 0.3) is 0 Å². The Kier molecular flexibility index (Phi) is 4.10. The Balaban J connectivity index is 2.46. The Hall–Kier alpha value is -0.870. The molecule has 4 heteroatoms. The monoisotopic (exact) mass is 256 g/mol. The third-order valence-corrected chi connectivity index (χ3v) is 2.48. The normalized spacial score (nSPS) is 12.4. The molecule has 3 nitrogen and oxygen atoms in total. The minimum atomic E-state index is -0.331. The SMILES string of the molecule is CC(NCc1ccc(Br)cc1)C(N)=O. The fourth-order valence-corrected chi connectivity index (χ4v) is 1.24. The summed E-state index contributed by atoms with van der Waals surface area (Å²) in [5.74, 6) is -0.331. The van der Waals surface area contributed by atoms with Gasteiger partial charge in [0.15, 0.2) is 0 Å². The predicted octanol–water partition coefficient (Wildman–Crippen LogP) is 1.41. The predicted molar refractivity (Wildman–Crippen MR) is 59.6 cm³/mol. The molecule has 1 aromatic rings. The molecule has 0 heterocycles. The Morgan fingerprint density at radius 3 is 2.57 bits per heavy atom. The van der Waals surface area contributed by atoms with Crippen LogP contribution in [0.3, 0.4) is 0 Å². The summed E-state index contributed by atoms with van der Waals surface area (Å²) < 4.78 is 1.05. The van der Waals surface area contributed by atoms with Gasteiger partial charge in [-0.1, -0.05) is 28.1 Å². The molecule has 0 aliphatic heterocycles. The third-order valence-electron chi connectivity index (χ3n) is 1.95. The highest BCUT2D eigenvalue weighted by Gasteiger charge is 2.06. The maximum Gasteiger partial charge on any atom is 0.234 e. The van der Waals surface area contributed by atoms with E-state index in [0.29, 0.717) is 6.54 Å². The van der Waals surface area contributed by atoms with Gasteiger partial charge in [0.2, 0.25) is 5.91 Å². The summed E-state index contributed by atoms with van der Waals surface area (Å²) >= 11 is 3.35. The Labute approximate surface area is 91.8 Å². The van der Waals surface area contributed by atoms with Crippen molar-refractivity contribution in [3.8, 4) is 0 Å². The topological polar surface area (TPSA) is 55.1 Å². The van der Waals surface area contributed by atoms with Crippen molar-refractivity contribution in [1.29, 1.82) is 0 Å². The van der Waals surface area contributed by atoms with Gasteiger partial charge >= 0.3 is 0 Å². The van der Waals surface area contributed by atoms with E-state index in [4.69, 9.17) is 5.73 Å². The molecule has 0 aromatic heterocycles. The van der Waals surface area contributed by atoms with Gasteiger partial charge in [0, 0.05) is 11.0 Å². The van der Waals surface area contributed by atoms with E-state index in [1.807, 2.05) is 24.3 Å². The van der Waals surface area contributed by atoms with Crippen LogP contribution in [0, 0.1) is 0 Å². The van der Waals surface area contributed by atoms with Crippen molar-refractivity contribution in [2.75, 3.05) is 0 Å². The van der Waals surface area contributed by atoms with Crippen molar-refractivity contribution in [3.63, 3.8) is 0 Å². The number of rotatable bonds is 4. The summed E-state index contributed by atoms with van der Waals surface area (Å²) in [6.07, 6.45) is 0. The molecule has 14 heavy (non-hydrogen) atoms. The van der Waals surface area contributed by atoms with Crippen LogP contribution in [-0.4, -0.2) is 11.9 Å². The second-order valence-corrected chi connectivity index (χ2v) is 4.05. The van der Waals surface area contributed by atoms with Gasteiger partial charge in [-0.15, -0.1) is 0 Å². The first-order chi connectivity index (χ1) is 6.59. The zero-order chi connectivity index (χ0) is 10.6. The molecule has 0 fully saturated rings. The van der Waals surface area contributed by atoms with Crippen LogP contribution in [0.5, 0.6) is 0 Å². The van der Waals surface area contributed by atoms with Gasteiger partial charge in [0.1, 0.15) is 0 Å². The van der Waals surface area contributed by atoms with E-state index >= 15 is 0 Å². The molecule has 1 rings (SSSR count). The Bertz CT molecular complexity index is 310. The van der Waals surface area contributed by atoms with Gasteiger partial charge in [0.05, 0.1) is 6.04 Å². The van der Waals surface area contributed by atoms with Gasteiger partial charge in [-0.2, -0.15) is 0 Å². The highest BCUT2D eigenvalue weighted by Crippen LogP contribution is 2.10. The molecule has 0 spiro atoms. The maximum absolute atomic E-state index is 10.7. The molecule has 1 unspecified atom stereocenters. The van der Waals surface area contributed by atoms with E-state index in [0.717, 1.165) is 10.0 Å². The Morgan fingerprint density at radius 1 is 1.50 bits per heavy atom. The number of hydrogen-bond acceptors (Lipinski definition) is 2. The lowest BCUT2D eigenvalue weighted by Crippen LogP contribution is -2.38. The summed E-state index contributed by atoms with van der Waals surface area (Å²) in [6.45, 7) is 2.40. The number of carbonyl (C=O) groups excluding carboxylic acids is 1. The molecule has 0 aliphatic carbocycles. The van der Waals surface area contributed by atoms with Crippen LogP contribution in [0.2, 0.25) is 0 Å². The quantitative estimate of drug-likeness (QED) is 0.856. The molecule has 0 radical (unpaired) electrons. The van der Waals surface area contributed by atoms with Crippen molar-refractivity contribution in [3.05, 3.63) is 34.3 Å². The number of halogens is 1. The van der Waals surface area contributed by atoms with Gasteiger partial charge < -0.3 is 11.1 Å². The summed E-state index contributed by atoms with van der Waals surface area (Å²) in [5.41, 5.74) is 6.24. The largest absolute Gasteiger partial charge is 0.368 e. The zero-order valence-corrected chi connectivity index (χ0v) is 9.54. The molecule has 1 aromatic carbocycles. The second-order valence-electron chi connectivity index (χ2n) is 3.13. The number of benzene rings is 1. The first kappa shape index (κ1) is 11.2. The molecular weight excluding hydrogens is 244 g/mol. The van der Waals surface area contributed by atoms with E-state index in [2.05, 4.69) is 21.2 Å². The first-order valence-corrected chi connectivity index (χ1v) is 5.16. The smallest absolute Gasteiger partial charge is 0.234 e. The van der Waals surface area contributed by atoms with E-state index in [9.17, 15) is 4.79 Å². The lowest BCUT2D eigenvalue weighted by atomic mass is 10.2. The molecular formula is C10H13BrN2O. The van der Waals surface area contributed by atoms with Crippen molar-refractivity contribution >= 4 is 21.8 Å². The number of nitrogens with one attached hydrogen (secondary N) is 1. The van der Waals surface area contributed by atoms with E-state index < -0.39 is 0 Å². The highest BCUT2D eigenvalue weighted by molar-refractivity contribution is 9.10. The number of hydrogen-bond donors (Lipinski definition) is 2. The van der Waals surface area contributed by atoms with Gasteiger partial charge in [-0.25, -0.2) is 0 Å². The molecule has 1 atom stereocenters. The van der Waals surface area contributed by atoms with Crippen molar-refractivity contribution in [2.24, 2.45) is 5.73 Å². The van der Waals surface area contributed by atoms with Crippen LogP contribution in [0.4, 0.5) is 0 Å². The number of carbonyl (C=O) groups is 1. The van der Waals surface area contributed by atoms with Crippen LogP contribution >= 0.6 is 15.9 Å². The minimum absolute atomic E-state index is 0.293. The lowest BCUT2D eigenvalue weighted by Gasteiger charge is -2.09. The molecule has 0 saturated carbocycles. The van der Waals surface area contributed by atoms with Crippen molar-refractivity contribution < 1.29 is 4.79 Å². The van der Waals surface area contributed by atoms with Crippen LogP contribution in [0.25, 0.3) is 0 Å². The average Bonchev–Trinajstić information content (AvgIpc) is 2.16. The fourth-order valence-electron chi connectivity index (χ4n) is 0.974. The van der Waals surface area contributed by atoms with Crippen LogP contribution in [0.15, 0.2) is 28.7 Å². The van der Waals surface area contributed by atoms with E-state index in [-0.39, 0.29) is 11.9 Å². The molecule has 0 aliphatic rings. The number of nitrogens with two attached hydrogens (primary N) is 1. The maximum atomic E-state index is 10.7. The van der Waals surface area contributed by atoms with Gasteiger partial charge in [-0.05, 0) is 24.6 Å². The second kappa shape index (κ2) is 5.12. The van der Waals surface area contributed by atoms with E-state index in [1.165, 1.54) is 0 Å². The highest BCUT2D eigenvalue weighted by atomic mass is 79.9. The summed E-state index contributed by atoms with van der Waals surface area (Å²) in [4.78, 5) is 10.7. The molecule has 76 valence electrons. The fraction of sp³-hybridized carbons (Fsp3) is 0.300. The van der Waals surface area contributed by atoms with Crippen LogP contribution in [0.1, 0.15) is 12.5 Å². The van der Waals surface area contributed by atoms with Crippen molar-refractivity contribution in [1.82, 2.24) is 5.32 Å². The number of primary amides is 1. The first-order valence-electron chi connectivity index (χ1n) is 4.36. The summed E-state index contributed by atoms with van der Waals surface area (Å²) in [7, 11) is 0. The van der Waals surface area contributed by atoms with Crippen LogP contribution < -0.4 is 11.1 Å². The van der Waals surface area contributed by atoms with Crippen LogP contribution in [-0.2, 0) is 11.3 Å². The summed E-state index contributed by atoms with van der Waals surface area (Å²) in [6, 6.07) is 7.62. The third kappa shape index (κ3) is 3.47. The minimum Gasteiger partial charge on any atom is -0.368 e. The lowest BCUT2D eigenvalue weighted by molar-refractivity contribution is -0.119. The average molecular weight is 257 g/mol. The number of amides is 1. The molecule has 3 N–H and O–H groups in total. The zero-order valence-electron chi connectivity index (χ0n) is 7.96. The standard InChI is InChI=1S/C10H13BrN2O/c1-7(10(12)14)13-6-8-2-4-9(11)5-3-8/h2-5,7,13H,6H2,1H3,(H2,12,14). The molecule has 1 amide bonds. The molecule has 0 bridgehead atoms. The van der Waals surface area contributed by atoms with Crippen molar-refractivity contribution in [2.45, 2.75) is 19.5 Å². The molecule has 0 saturated heterocycles.